The van der Waals surface area contributed by atoms with E-state index >= 15 is 4.39 Å². The third kappa shape index (κ3) is 5.45. The van der Waals surface area contributed by atoms with Gasteiger partial charge < -0.3 is 18.9 Å². The molecule has 6 rings (SSSR count). The summed E-state index contributed by atoms with van der Waals surface area (Å²) in [5.74, 6) is -2.11. The van der Waals surface area contributed by atoms with E-state index < -0.39 is 22.9 Å². The van der Waals surface area contributed by atoms with E-state index in [9.17, 15) is 13.6 Å². The number of hydrogen-bond donors (Lipinski definition) is 0. The number of piperazine rings is 1. The molecular weight excluding hydrogens is 555 g/mol. The topological polar surface area (TPSA) is 67.4 Å². The minimum Gasteiger partial charge on any atom is -0.367 e. The van der Waals surface area contributed by atoms with E-state index in [-0.39, 0.29) is 34.6 Å². The first-order valence-corrected chi connectivity index (χ1v) is 13.4. The molecule has 5 aromatic rings. The quantitative estimate of drug-likeness (QED) is 0.264. The summed E-state index contributed by atoms with van der Waals surface area (Å²) in [5.41, 5.74) is 1.24. The lowest BCUT2D eigenvalue weighted by Gasteiger charge is -2.34. The van der Waals surface area contributed by atoms with Gasteiger partial charge in [0.2, 0.25) is 17.1 Å². The lowest BCUT2D eigenvalue weighted by Crippen LogP contribution is -2.44. The van der Waals surface area contributed by atoms with E-state index in [2.05, 4.69) is 15.0 Å². The van der Waals surface area contributed by atoms with Gasteiger partial charge >= 0.3 is 0 Å². The van der Waals surface area contributed by atoms with E-state index in [1.807, 2.05) is 28.6 Å². The Balaban J connectivity index is 1.45. The largest absolute Gasteiger partial charge is 0.367 e. The van der Waals surface area contributed by atoms with E-state index in [1.54, 1.807) is 24.4 Å². The number of fused-ring (bicyclic) bond motifs is 1. The zero-order valence-electron chi connectivity index (χ0n) is 22.1. The van der Waals surface area contributed by atoms with Crippen LogP contribution in [0.4, 0.5) is 18.9 Å². The summed E-state index contributed by atoms with van der Waals surface area (Å²) in [6.45, 7) is 3.26. The van der Waals surface area contributed by atoms with Crippen LogP contribution in [-0.2, 0) is 13.0 Å². The molecule has 2 aromatic heterocycles. The number of benzene rings is 3. The highest BCUT2D eigenvalue weighted by molar-refractivity contribution is 6.30. The van der Waals surface area contributed by atoms with Gasteiger partial charge in [0, 0.05) is 54.9 Å². The molecule has 1 saturated heterocycles. The van der Waals surface area contributed by atoms with Crippen molar-refractivity contribution in [3.05, 3.63) is 111 Å². The van der Waals surface area contributed by atoms with Crippen molar-refractivity contribution >= 4 is 28.2 Å². The molecule has 0 N–H and O–H groups in total. The van der Waals surface area contributed by atoms with Crippen LogP contribution in [0, 0.1) is 17.5 Å². The molecule has 0 unspecified atom stereocenters. The minimum absolute atomic E-state index is 0.0583. The molecule has 3 aromatic carbocycles. The SMILES string of the molecule is CN1CCN(c2cc3c(cc2F)c(=O)c(-c2noc(Cc4c(F)cccc4F)n2)cn3Cc2ccc(Cl)cc2)CC1. The number of hydrogen-bond acceptors (Lipinski definition) is 6. The van der Waals surface area contributed by atoms with Crippen LogP contribution in [-0.4, -0.2) is 52.8 Å². The third-order valence-electron chi connectivity index (χ3n) is 7.36. The molecule has 1 aliphatic rings. The van der Waals surface area contributed by atoms with Crippen LogP contribution in [0.15, 0.2) is 70.1 Å². The monoisotopic (exact) mass is 579 g/mol. The smallest absolute Gasteiger partial charge is 0.231 e. The lowest BCUT2D eigenvalue weighted by atomic mass is 10.1. The van der Waals surface area contributed by atoms with Gasteiger partial charge in [0.25, 0.3) is 0 Å². The number of rotatable bonds is 6. The molecule has 0 bridgehead atoms. The summed E-state index contributed by atoms with van der Waals surface area (Å²) in [5, 5.41) is 4.66. The molecule has 3 heterocycles. The van der Waals surface area contributed by atoms with Crippen LogP contribution in [0.3, 0.4) is 0 Å². The van der Waals surface area contributed by atoms with Gasteiger partial charge in [-0.25, -0.2) is 13.2 Å². The zero-order valence-corrected chi connectivity index (χ0v) is 22.8. The van der Waals surface area contributed by atoms with Gasteiger partial charge in [0.1, 0.15) is 17.5 Å². The minimum atomic E-state index is -0.743. The fourth-order valence-corrected chi connectivity index (χ4v) is 5.18. The number of pyridine rings is 1. The normalized spacial score (nSPS) is 14.2. The van der Waals surface area contributed by atoms with Gasteiger partial charge in [0.05, 0.1) is 23.2 Å². The molecule has 0 aliphatic carbocycles. The summed E-state index contributed by atoms with van der Waals surface area (Å²) in [4.78, 5) is 22.1. The highest BCUT2D eigenvalue weighted by Crippen LogP contribution is 2.28. The maximum Gasteiger partial charge on any atom is 0.231 e. The molecule has 0 radical (unpaired) electrons. The van der Waals surface area contributed by atoms with E-state index in [0.29, 0.717) is 35.9 Å². The molecule has 0 atom stereocenters. The number of nitrogens with zero attached hydrogens (tertiary/aromatic N) is 5. The first kappa shape index (κ1) is 27.0. The Labute approximate surface area is 238 Å². The lowest BCUT2D eigenvalue weighted by molar-refractivity contribution is 0.312. The summed E-state index contributed by atoms with van der Waals surface area (Å²) < 4.78 is 51.0. The van der Waals surface area contributed by atoms with Crippen molar-refractivity contribution in [2.45, 2.75) is 13.0 Å². The molecule has 0 saturated carbocycles. The Bertz CT molecular complexity index is 1780. The van der Waals surface area contributed by atoms with Crippen LogP contribution in [0.5, 0.6) is 0 Å². The van der Waals surface area contributed by atoms with Crippen molar-refractivity contribution in [1.29, 1.82) is 0 Å². The molecule has 210 valence electrons. The Kier molecular flexibility index (Phi) is 7.27. The fraction of sp³-hybridized carbons (Fsp3) is 0.233. The van der Waals surface area contributed by atoms with Crippen molar-refractivity contribution in [2.75, 3.05) is 38.1 Å². The number of halogens is 4. The Morgan fingerprint density at radius 1 is 0.951 bits per heavy atom. The fourth-order valence-electron chi connectivity index (χ4n) is 5.05. The Hall–Kier alpha value is -4.15. The average Bonchev–Trinajstić information content (AvgIpc) is 3.42. The van der Waals surface area contributed by atoms with Gasteiger partial charge in [-0.15, -0.1) is 0 Å². The van der Waals surface area contributed by atoms with Gasteiger partial charge in [-0.1, -0.05) is 35.0 Å². The van der Waals surface area contributed by atoms with Gasteiger partial charge in [-0.05, 0) is 49.0 Å². The van der Waals surface area contributed by atoms with Crippen LogP contribution in [0.2, 0.25) is 5.02 Å². The summed E-state index contributed by atoms with van der Waals surface area (Å²) in [6.07, 6.45) is 1.31. The van der Waals surface area contributed by atoms with Crippen LogP contribution in [0.25, 0.3) is 22.3 Å². The van der Waals surface area contributed by atoms with Gasteiger partial charge in [-0.3, -0.25) is 4.79 Å². The number of anilines is 1. The van der Waals surface area contributed by atoms with Crippen molar-refractivity contribution in [2.24, 2.45) is 0 Å². The molecule has 41 heavy (non-hydrogen) atoms. The van der Waals surface area contributed by atoms with Gasteiger partial charge in [-0.2, -0.15) is 4.98 Å². The second-order valence-electron chi connectivity index (χ2n) is 10.1. The predicted octanol–water partition coefficient (Wildman–Crippen LogP) is 5.51. The molecule has 1 fully saturated rings. The van der Waals surface area contributed by atoms with Crippen LogP contribution >= 0.6 is 11.6 Å². The standard InChI is InChI=1S/C30H25ClF3N5O2/c1-37-9-11-38(12-10-37)27-15-26-21(13-25(27)34)29(40)22(17-39(26)16-18-5-7-19(31)8-6-18)30-35-28(41-36-30)14-20-23(32)3-2-4-24(20)33/h2-8,13,15,17H,9-12,14,16H2,1H3. The first-order valence-electron chi connectivity index (χ1n) is 13.1. The molecule has 0 amide bonds. The van der Waals surface area contributed by atoms with E-state index in [4.69, 9.17) is 16.1 Å². The average molecular weight is 580 g/mol. The van der Waals surface area contributed by atoms with Crippen molar-refractivity contribution in [3.63, 3.8) is 0 Å². The number of likely N-dealkylation sites (N-methyl/N-ethyl adjacent to an activating group) is 1. The van der Waals surface area contributed by atoms with Crippen LogP contribution < -0.4 is 10.3 Å². The molecule has 1 aliphatic heterocycles. The highest BCUT2D eigenvalue weighted by atomic mass is 35.5. The molecule has 0 spiro atoms. The zero-order chi connectivity index (χ0) is 28.7. The van der Waals surface area contributed by atoms with Gasteiger partial charge in [0.15, 0.2) is 0 Å². The van der Waals surface area contributed by atoms with E-state index in [0.717, 1.165) is 30.8 Å². The Morgan fingerprint density at radius 2 is 1.66 bits per heavy atom. The third-order valence-corrected chi connectivity index (χ3v) is 7.61. The van der Waals surface area contributed by atoms with E-state index in [1.165, 1.54) is 12.1 Å². The van der Waals surface area contributed by atoms with Crippen molar-refractivity contribution < 1.29 is 17.7 Å². The second-order valence-corrected chi connectivity index (χ2v) is 10.6. The summed E-state index contributed by atoms with van der Waals surface area (Å²) >= 11 is 6.08. The predicted molar refractivity (Wildman–Crippen MR) is 151 cm³/mol. The second kappa shape index (κ2) is 11.0. The maximum absolute atomic E-state index is 15.5. The highest BCUT2D eigenvalue weighted by Gasteiger charge is 2.23. The molecular formula is C30H25ClF3N5O2. The summed E-state index contributed by atoms with van der Waals surface area (Å²) in [7, 11) is 2.02. The van der Waals surface area contributed by atoms with Crippen molar-refractivity contribution in [3.8, 4) is 11.4 Å². The molecule has 7 nitrogen and oxygen atoms in total. The summed E-state index contributed by atoms with van der Waals surface area (Å²) in [6, 6.07) is 13.8. The van der Waals surface area contributed by atoms with Crippen molar-refractivity contribution in [1.82, 2.24) is 19.6 Å². The maximum atomic E-state index is 15.5. The Morgan fingerprint density at radius 3 is 2.37 bits per heavy atom. The first-order chi connectivity index (χ1) is 19.8. The number of aromatic nitrogens is 3. The molecule has 11 heteroatoms. The van der Waals surface area contributed by atoms with Crippen LogP contribution in [0.1, 0.15) is 17.0 Å².